The molecule has 1 rings (SSSR count). The molecular formula is C10H7BrF4O. The summed E-state index contributed by atoms with van der Waals surface area (Å²) < 4.78 is 53.1. The van der Waals surface area contributed by atoms with E-state index in [1.165, 1.54) is 12.1 Å². The summed E-state index contributed by atoms with van der Waals surface area (Å²) in [5, 5.41) is 0. The summed E-state index contributed by atoms with van der Waals surface area (Å²) in [7, 11) is 0. The average molecular weight is 299 g/mol. The fourth-order valence-electron chi connectivity index (χ4n) is 0.912. The number of benzene rings is 1. The van der Waals surface area contributed by atoms with E-state index in [9.17, 15) is 17.6 Å². The Kier molecular flexibility index (Phi) is 4.35. The molecule has 0 aliphatic rings. The number of allylic oxidation sites excluding steroid dienone is 1. The molecule has 0 aromatic heterocycles. The quantitative estimate of drug-likeness (QED) is 0.603. The van der Waals surface area contributed by atoms with Gasteiger partial charge in [-0.1, -0.05) is 0 Å². The number of ether oxygens (including phenoxy) is 1. The van der Waals surface area contributed by atoms with Gasteiger partial charge in [-0.25, -0.2) is 4.39 Å². The third-order valence-electron chi connectivity index (χ3n) is 1.54. The molecule has 16 heavy (non-hydrogen) atoms. The molecule has 0 fully saturated rings. The molecule has 0 aliphatic heterocycles. The van der Waals surface area contributed by atoms with Crippen molar-refractivity contribution in [2.24, 2.45) is 0 Å². The largest absolute Gasteiger partial charge is 0.488 e. The zero-order valence-electron chi connectivity index (χ0n) is 7.89. The van der Waals surface area contributed by atoms with Gasteiger partial charge in [-0.15, -0.1) is 0 Å². The van der Waals surface area contributed by atoms with Gasteiger partial charge in [-0.2, -0.15) is 13.2 Å². The fourth-order valence-corrected chi connectivity index (χ4v) is 1.38. The first-order valence-corrected chi connectivity index (χ1v) is 5.00. The maximum absolute atomic E-state index is 12.6. The molecule has 0 saturated heterocycles. The zero-order valence-corrected chi connectivity index (χ0v) is 9.48. The maximum Gasteiger partial charge on any atom is 0.409 e. The lowest BCUT2D eigenvalue weighted by Crippen LogP contribution is -2.03. The van der Waals surface area contributed by atoms with Crippen LogP contribution in [-0.2, 0) is 0 Å². The van der Waals surface area contributed by atoms with Crippen LogP contribution in [0.1, 0.15) is 0 Å². The van der Waals surface area contributed by atoms with Gasteiger partial charge in [0.25, 0.3) is 0 Å². The Labute approximate surface area is 97.8 Å². The minimum Gasteiger partial charge on any atom is -0.488 e. The van der Waals surface area contributed by atoms with Gasteiger partial charge < -0.3 is 4.74 Å². The Balaban J connectivity index is 2.53. The van der Waals surface area contributed by atoms with Crippen molar-refractivity contribution in [3.05, 3.63) is 40.6 Å². The van der Waals surface area contributed by atoms with Crippen molar-refractivity contribution in [2.45, 2.75) is 6.18 Å². The summed E-state index contributed by atoms with van der Waals surface area (Å²) in [6.45, 7) is -0.232. The van der Waals surface area contributed by atoms with Gasteiger partial charge in [0.05, 0.1) is 4.47 Å². The van der Waals surface area contributed by atoms with E-state index in [-0.39, 0.29) is 18.4 Å². The Hall–Kier alpha value is -1.04. The molecule has 0 atom stereocenters. The Bertz CT molecular complexity index is 387. The molecule has 0 radical (unpaired) electrons. The Morgan fingerprint density at radius 2 is 2.00 bits per heavy atom. The summed E-state index contributed by atoms with van der Waals surface area (Å²) in [5.41, 5.74) is 0. The molecule has 6 heteroatoms. The summed E-state index contributed by atoms with van der Waals surface area (Å²) >= 11 is 3.03. The van der Waals surface area contributed by atoms with Crippen molar-refractivity contribution in [1.29, 1.82) is 0 Å². The number of alkyl halides is 3. The predicted molar refractivity (Wildman–Crippen MR) is 54.8 cm³/mol. The topological polar surface area (TPSA) is 9.23 Å². The third kappa shape index (κ3) is 4.65. The van der Waals surface area contributed by atoms with E-state index in [1.54, 1.807) is 0 Å². The summed E-state index contributed by atoms with van der Waals surface area (Å²) in [5.74, 6) is -0.168. The van der Waals surface area contributed by atoms with E-state index < -0.39 is 12.0 Å². The van der Waals surface area contributed by atoms with Crippen LogP contribution in [0.15, 0.2) is 34.8 Å². The van der Waals surface area contributed by atoms with Crippen LogP contribution in [0.3, 0.4) is 0 Å². The van der Waals surface area contributed by atoms with Crippen LogP contribution in [0.2, 0.25) is 0 Å². The molecule has 0 N–H and O–H groups in total. The maximum atomic E-state index is 12.6. The molecule has 0 bridgehead atoms. The molecule has 0 saturated carbocycles. The van der Waals surface area contributed by atoms with Gasteiger partial charge in [-0.05, 0) is 40.2 Å². The minimum absolute atomic E-state index is 0.0877. The first-order valence-electron chi connectivity index (χ1n) is 4.21. The van der Waals surface area contributed by atoms with Crippen molar-refractivity contribution >= 4 is 15.9 Å². The van der Waals surface area contributed by atoms with Gasteiger partial charge in [0, 0.05) is 6.08 Å². The van der Waals surface area contributed by atoms with Crippen LogP contribution >= 0.6 is 15.9 Å². The van der Waals surface area contributed by atoms with Crippen LogP contribution in [0.25, 0.3) is 0 Å². The fraction of sp³-hybridized carbons (Fsp3) is 0.200. The van der Waals surface area contributed by atoms with Crippen LogP contribution in [0, 0.1) is 5.82 Å². The first kappa shape index (κ1) is 13.0. The molecule has 0 unspecified atom stereocenters. The standard InChI is InChI=1S/C10H7BrF4O/c11-8-6-7(12)2-3-9(8)16-5-1-4-10(13,14)15/h1-4,6H,5H2. The lowest BCUT2D eigenvalue weighted by atomic mass is 10.3. The SMILES string of the molecule is Fc1ccc(OCC=CC(F)(F)F)c(Br)c1. The predicted octanol–water partition coefficient (Wildman–Crippen LogP) is 4.09. The molecule has 0 aliphatic carbocycles. The van der Waals surface area contributed by atoms with E-state index in [0.717, 1.165) is 12.1 Å². The second kappa shape index (κ2) is 5.34. The van der Waals surface area contributed by atoms with Gasteiger partial charge >= 0.3 is 6.18 Å². The summed E-state index contributed by atoms with van der Waals surface area (Å²) in [6, 6.07) is 3.66. The summed E-state index contributed by atoms with van der Waals surface area (Å²) in [4.78, 5) is 0. The van der Waals surface area contributed by atoms with Gasteiger partial charge in [0.15, 0.2) is 0 Å². The van der Waals surface area contributed by atoms with Crippen molar-refractivity contribution in [3.8, 4) is 5.75 Å². The molecule has 0 spiro atoms. The van der Waals surface area contributed by atoms with Crippen molar-refractivity contribution in [2.75, 3.05) is 6.61 Å². The molecule has 1 aromatic rings. The zero-order chi connectivity index (χ0) is 12.2. The van der Waals surface area contributed by atoms with Crippen molar-refractivity contribution in [1.82, 2.24) is 0 Å². The van der Waals surface area contributed by atoms with Crippen molar-refractivity contribution in [3.63, 3.8) is 0 Å². The lowest BCUT2D eigenvalue weighted by Gasteiger charge is -2.05. The second-order valence-electron chi connectivity index (χ2n) is 2.83. The van der Waals surface area contributed by atoms with Crippen LogP contribution in [-0.4, -0.2) is 12.8 Å². The summed E-state index contributed by atoms with van der Waals surface area (Å²) in [6.07, 6.45) is -3.41. The normalized spacial score (nSPS) is 12.1. The molecule has 0 heterocycles. The molecule has 0 amide bonds. The highest BCUT2D eigenvalue weighted by molar-refractivity contribution is 9.10. The van der Waals surface area contributed by atoms with E-state index in [2.05, 4.69) is 15.9 Å². The highest BCUT2D eigenvalue weighted by Gasteiger charge is 2.21. The number of hydrogen-bond acceptors (Lipinski definition) is 1. The number of rotatable bonds is 3. The third-order valence-corrected chi connectivity index (χ3v) is 2.16. The first-order chi connectivity index (χ1) is 7.38. The smallest absolute Gasteiger partial charge is 0.409 e. The van der Waals surface area contributed by atoms with Gasteiger partial charge in [0.1, 0.15) is 18.2 Å². The van der Waals surface area contributed by atoms with Crippen molar-refractivity contribution < 1.29 is 22.3 Å². The average Bonchev–Trinajstić information content (AvgIpc) is 2.13. The monoisotopic (exact) mass is 298 g/mol. The van der Waals surface area contributed by atoms with E-state index in [1.807, 2.05) is 0 Å². The molecular weight excluding hydrogens is 292 g/mol. The minimum atomic E-state index is -4.34. The van der Waals surface area contributed by atoms with Crippen LogP contribution in [0.4, 0.5) is 17.6 Å². The van der Waals surface area contributed by atoms with Gasteiger partial charge in [0.2, 0.25) is 0 Å². The van der Waals surface area contributed by atoms with E-state index in [0.29, 0.717) is 4.47 Å². The second-order valence-corrected chi connectivity index (χ2v) is 3.68. The lowest BCUT2D eigenvalue weighted by molar-refractivity contribution is -0.0801. The molecule has 1 nitrogen and oxygen atoms in total. The highest BCUT2D eigenvalue weighted by atomic mass is 79.9. The van der Waals surface area contributed by atoms with Crippen LogP contribution in [0.5, 0.6) is 5.75 Å². The number of halogens is 5. The molecule has 1 aromatic carbocycles. The number of hydrogen-bond donors (Lipinski definition) is 0. The van der Waals surface area contributed by atoms with E-state index >= 15 is 0 Å². The van der Waals surface area contributed by atoms with E-state index in [4.69, 9.17) is 4.74 Å². The molecule has 88 valence electrons. The Morgan fingerprint density at radius 1 is 1.31 bits per heavy atom. The van der Waals surface area contributed by atoms with Gasteiger partial charge in [-0.3, -0.25) is 0 Å². The Morgan fingerprint density at radius 3 is 2.56 bits per heavy atom. The van der Waals surface area contributed by atoms with Crippen LogP contribution < -0.4 is 4.74 Å². The highest BCUT2D eigenvalue weighted by Crippen LogP contribution is 2.25.